The molecule has 1 aliphatic heterocycles. The van der Waals surface area contributed by atoms with Crippen molar-refractivity contribution in [3.05, 3.63) is 64.4 Å². The van der Waals surface area contributed by atoms with Gasteiger partial charge in [0.2, 0.25) is 0 Å². The lowest BCUT2D eigenvalue weighted by atomic mass is 10.0. The van der Waals surface area contributed by atoms with Crippen LogP contribution in [0.15, 0.2) is 36.4 Å². The van der Waals surface area contributed by atoms with Gasteiger partial charge in [-0.3, -0.25) is 4.79 Å². The molecule has 1 aromatic heterocycles. The number of hydrogen-bond acceptors (Lipinski definition) is 3. The Kier molecular flexibility index (Phi) is 7.26. The molecular weight excluding hydrogens is 434 g/mol. The summed E-state index contributed by atoms with van der Waals surface area (Å²) in [6, 6.07) is 5.72. The van der Waals surface area contributed by atoms with E-state index in [0.717, 1.165) is 49.1 Å². The zero-order chi connectivity index (χ0) is 23.4. The fourth-order valence-corrected chi connectivity index (χ4v) is 3.53. The number of halogens is 6. The van der Waals surface area contributed by atoms with Crippen molar-refractivity contribution in [1.82, 2.24) is 4.98 Å². The van der Waals surface area contributed by atoms with E-state index < -0.39 is 23.5 Å². The number of fused-ring (bicyclic) bond motifs is 1. The smallest absolute Gasteiger partial charge is 0.370 e. The number of aromatic nitrogens is 1. The Morgan fingerprint density at radius 2 is 1.75 bits per heavy atom. The molecule has 0 aliphatic carbocycles. The normalized spacial score (nSPS) is 14.3. The van der Waals surface area contributed by atoms with Crippen molar-refractivity contribution in [2.75, 3.05) is 11.9 Å². The first-order valence-corrected chi connectivity index (χ1v) is 10.3. The fraction of sp³-hybridized carbons (Fsp3) is 0.391. The van der Waals surface area contributed by atoms with Crippen molar-refractivity contribution in [2.45, 2.75) is 50.9 Å². The van der Waals surface area contributed by atoms with Crippen LogP contribution in [0.5, 0.6) is 0 Å². The van der Waals surface area contributed by atoms with Crippen molar-refractivity contribution in [3.63, 3.8) is 0 Å². The van der Waals surface area contributed by atoms with Crippen molar-refractivity contribution < 1.29 is 31.1 Å². The van der Waals surface area contributed by atoms with E-state index in [-0.39, 0.29) is 17.8 Å². The molecule has 3 nitrogen and oxygen atoms in total. The number of nitrogens with zero attached hydrogens (tertiary/aromatic N) is 1. The molecule has 0 amide bonds. The average Bonchev–Trinajstić information content (AvgIpc) is 2.73. The lowest BCUT2D eigenvalue weighted by Gasteiger charge is -2.17. The third-order valence-electron chi connectivity index (χ3n) is 5.17. The van der Waals surface area contributed by atoms with Crippen molar-refractivity contribution in [1.29, 1.82) is 0 Å². The average molecular weight is 456 g/mol. The first-order chi connectivity index (χ1) is 15.0. The van der Waals surface area contributed by atoms with Gasteiger partial charge in [-0.25, -0.2) is 4.98 Å². The predicted molar refractivity (Wildman–Crippen MR) is 109 cm³/mol. The quantitative estimate of drug-likeness (QED) is 0.295. The summed E-state index contributed by atoms with van der Waals surface area (Å²) in [6.07, 6.45) is -3.83. The van der Waals surface area contributed by atoms with Crippen LogP contribution in [0.1, 0.15) is 53.6 Å². The van der Waals surface area contributed by atoms with Crippen LogP contribution >= 0.6 is 0 Å². The van der Waals surface area contributed by atoms with Gasteiger partial charge in [0.1, 0.15) is 5.82 Å². The van der Waals surface area contributed by atoms with Crippen molar-refractivity contribution in [2.24, 2.45) is 0 Å². The summed E-state index contributed by atoms with van der Waals surface area (Å²) in [5.74, 6) is 0.598. The molecule has 1 aliphatic rings. The van der Waals surface area contributed by atoms with Crippen LogP contribution < -0.4 is 5.32 Å². The van der Waals surface area contributed by atoms with Gasteiger partial charge >= 0.3 is 12.4 Å². The van der Waals surface area contributed by atoms with Crippen molar-refractivity contribution >= 4 is 17.7 Å². The molecule has 32 heavy (non-hydrogen) atoms. The van der Waals surface area contributed by atoms with Gasteiger partial charge in [-0.2, -0.15) is 26.3 Å². The third-order valence-corrected chi connectivity index (χ3v) is 5.17. The number of carbonyl (C=O) groups excluding carboxylic acids is 1. The summed E-state index contributed by atoms with van der Waals surface area (Å²) in [5.41, 5.74) is -1.53. The minimum Gasteiger partial charge on any atom is -0.370 e. The highest BCUT2D eigenvalue weighted by atomic mass is 19.4. The van der Waals surface area contributed by atoms with Gasteiger partial charge in [0.05, 0.1) is 11.1 Å². The van der Waals surface area contributed by atoms with E-state index in [1.54, 1.807) is 0 Å². The van der Waals surface area contributed by atoms with Gasteiger partial charge in [-0.15, -0.1) is 0 Å². The molecule has 1 N–H and O–H groups in total. The van der Waals surface area contributed by atoms with Crippen LogP contribution in [-0.2, 0) is 30.0 Å². The van der Waals surface area contributed by atoms with E-state index in [0.29, 0.717) is 31.4 Å². The number of nitrogens with one attached hydrogen (secondary N) is 1. The van der Waals surface area contributed by atoms with Crippen molar-refractivity contribution in [3.8, 4) is 0 Å². The molecule has 0 saturated heterocycles. The Balaban J connectivity index is 1.53. The Bertz CT molecular complexity index is 995. The van der Waals surface area contributed by atoms with Gasteiger partial charge in [0, 0.05) is 18.7 Å². The summed E-state index contributed by atoms with van der Waals surface area (Å²) in [4.78, 5) is 16.6. The van der Waals surface area contributed by atoms with Gasteiger partial charge < -0.3 is 5.32 Å². The molecule has 9 heteroatoms. The number of anilines is 1. The highest BCUT2D eigenvalue weighted by molar-refractivity contribution is 5.93. The molecule has 2 aromatic rings. The minimum atomic E-state index is -5.15. The molecule has 3 rings (SSSR count). The molecule has 1 aromatic carbocycles. The van der Waals surface area contributed by atoms with Gasteiger partial charge in [-0.05, 0) is 67.5 Å². The van der Waals surface area contributed by atoms with Crippen LogP contribution in [0, 0.1) is 0 Å². The maximum absolute atomic E-state index is 13.0. The monoisotopic (exact) mass is 456 g/mol. The highest BCUT2D eigenvalue weighted by Gasteiger charge is 2.42. The standard InChI is InChI=1S/C23H22F6N2O/c24-22(25,26)19-12-8-15(14-20(19)23(27,28)29)7-11-18(32)6-2-1-5-17-10-9-16-4-3-13-30-21(16)31-17/h7-12,14H,1-6,13H2,(H,30,31)/b11-7+. The Morgan fingerprint density at radius 1 is 1.00 bits per heavy atom. The van der Waals surface area contributed by atoms with Gasteiger partial charge in [-0.1, -0.05) is 18.2 Å². The van der Waals surface area contributed by atoms with Crippen LogP contribution in [-0.4, -0.2) is 17.3 Å². The highest BCUT2D eigenvalue weighted by Crippen LogP contribution is 2.40. The van der Waals surface area contributed by atoms with Crippen LogP contribution in [0.4, 0.5) is 32.2 Å². The number of unbranched alkanes of at least 4 members (excludes halogenated alkanes) is 1. The molecule has 0 atom stereocenters. The Morgan fingerprint density at radius 3 is 2.47 bits per heavy atom. The summed E-state index contributed by atoms with van der Waals surface area (Å²) in [6.45, 7) is 0.897. The molecule has 0 fully saturated rings. The van der Waals surface area contributed by atoms with E-state index in [9.17, 15) is 31.1 Å². The first kappa shape index (κ1) is 23.8. The number of hydrogen-bond donors (Lipinski definition) is 1. The topological polar surface area (TPSA) is 42.0 Å². The maximum atomic E-state index is 13.0. The minimum absolute atomic E-state index is 0.121. The molecule has 0 unspecified atom stereocenters. The summed E-state index contributed by atoms with van der Waals surface area (Å²) in [7, 11) is 0. The number of aryl methyl sites for hydroxylation is 2. The number of pyridine rings is 1. The van der Waals surface area contributed by atoms with E-state index >= 15 is 0 Å². The number of rotatable bonds is 7. The summed E-state index contributed by atoms with van der Waals surface area (Å²) in [5, 5.41) is 3.26. The van der Waals surface area contributed by atoms with E-state index in [1.807, 2.05) is 6.07 Å². The molecule has 2 heterocycles. The largest absolute Gasteiger partial charge is 0.417 e. The second-order valence-corrected chi connectivity index (χ2v) is 7.65. The number of alkyl halides is 6. The summed E-state index contributed by atoms with van der Waals surface area (Å²) >= 11 is 0. The number of ketones is 1. The zero-order valence-corrected chi connectivity index (χ0v) is 17.1. The van der Waals surface area contributed by atoms with Gasteiger partial charge in [0.25, 0.3) is 0 Å². The lowest BCUT2D eigenvalue weighted by Crippen LogP contribution is -2.16. The second-order valence-electron chi connectivity index (χ2n) is 7.65. The maximum Gasteiger partial charge on any atom is 0.417 e. The Hall–Kier alpha value is -2.84. The fourth-order valence-electron chi connectivity index (χ4n) is 3.53. The number of benzene rings is 1. The van der Waals surface area contributed by atoms with Gasteiger partial charge in [0.15, 0.2) is 5.78 Å². The van der Waals surface area contributed by atoms with Crippen LogP contribution in [0.3, 0.4) is 0 Å². The molecule has 172 valence electrons. The molecular formula is C23H22F6N2O. The first-order valence-electron chi connectivity index (χ1n) is 10.3. The lowest BCUT2D eigenvalue weighted by molar-refractivity contribution is -0.162. The third kappa shape index (κ3) is 6.34. The van der Waals surface area contributed by atoms with E-state index in [1.165, 1.54) is 5.56 Å². The number of allylic oxidation sites excluding steroid dienone is 1. The molecule has 0 bridgehead atoms. The van der Waals surface area contributed by atoms with E-state index in [2.05, 4.69) is 16.4 Å². The SMILES string of the molecule is O=C(/C=C/c1ccc(C(F)(F)F)c(C(F)(F)F)c1)CCCCc1ccc2c(n1)NCCC2. The van der Waals surface area contributed by atoms with Crippen LogP contribution in [0.2, 0.25) is 0 Å². The van der Waals surface area contributed by atoms with Crippen LogP contribution in [0.25, 0.3) is 6.08 Å². The number of carbonyl (C=O) groups is 1. The van der Waals surface area contributed by atoms with E-state index in [4.69, 9.17) is 0 Å². The Labute approximate surface area is 181 Å². The zero-order valence-electron chi connectivity index (χ0n) is 17.1. The second kappa shape index (κ2) is 9.75. The molecule has 0 spiro atoms. The molecule has 0 saturated carbocycles. The molecule has 0 radical (unpaired) electrons. The summed E-state index contributed by atoms with van der Waals surface area (Å²) < 4.78 is 77.5. The predicted octanol–water partition coefficient (Wildman–Crippen LogP) is 6.47.